The summed E-state index contributed by atoms with van der Waals surface area (Å²) in [6, 6.07) is 7.96. The lowest BCUT2D eigenvalue weighted by Crippen LogP contribution is -2.20. The van der Waals surface area contributed by atoms with Gasteiger partial charge in [0.05, 0.1) is 19.3 Å². The van der Waals surface area contributed by atoms with Crippen molar-refractivity contribution in [2.24, 2.45) is 0 Å². The fourth-order valence-corrected chi connectivity index (χ4v) is 2.23. The molecular weight excluding hydrogens is 272 g/mol. The number of hydrogen-bond donors (Lipinski definition) is 1. The molecule has 1 fully saturated rings. The number of aliphatic hydroxyl groups is 1. The molecule has 1 aromatic carbocycles. The van der Waals surface area contributed by atoms with Crippen molar-refractivity contribution >= 4 is 15.9 Å². The summed E-state index contributed by atoms with van der Waals surface area (Å²) in [5.41, 5.74) is 1.11. The van der Waals surface area contributed by atoms with Crippen LogP contribution in [0.3, 0.4) is 0 Å². The van der Waals surface area contributed by atoms with Crippen molar-refractivity contribution in [3.8, 4) is 0 Å². The number of halogens is 1. The first kappa shape index (κ1) is 12.0. The molecule has 2 rings (SSSR count). The van der Waals surface area contributed by atoms with Crippen LogP contribution in [-0.2, 0) is 15.9 Å². The normalized spacial score (nSPS) is 18.9. The minimum Gasteiger partial charge on any atom is -0.393 e. The van der Waals surface area contributed by atoms with Gasteiger partial charge in [-0.05, 0) is 24.1 Å². The lowest BCUT2D eigenvalue weighted by molar-refractivity contribution is -0.0698. The van der Waals surface area contributed by atoms with Crippen LogP contribution in [0.4, 0.5) is 0 Å². The lowest BCUT2D eigenvalue weighted by atomic mass is 10.1. The quantitative estimate of drug-likeness (QED) is 0.922. The van der Waals surface area contributed by atoms with Crippen molar-refractivity contribution in [3.05, 3.63) is 34.3 Å². The molecule has 1 aliphatic heterocycles. The SMILES string of the molecule is OC(Cc1cccc(Br)c1)CC1OCCO1. The van der Waals surface area contributed by atoms with E-state index in [4.69, 9.17) is 9.47 Å². The Hall–Kier alpha value is -0.420. The summed E-state index contributed by atoms with van der Waals surface area (Å²) in [6.07, 6.45) is 0.509. The van der Waals surface area contributed by atoms with Crippen LogP contribution >= 0.6 is 15.9 Å². The highest BCUT2D eigenvalue weighted by Gasteiger charge is 2.20. The second-order valence-electron chi connectivity index (χ2n) is 3.89. The number of hydrogen-bond acceptors (Lipinski definition) is 3. The Morgan fingerprint density at radius 1 is 1.38 bits per heavy atom. The topological polar surface area (TPSA) is 38.7 Å². The van der Waals surface area contributed by atoms with Gasteiger partial charge in [-0.25, -0.2) is 0 Å². The number of aliphatic hydroxyl groups excluding tert-OH is 1. The molecule has 1 saturated heterocycles. The zero-order chi connectivity index (χ0) is 11.4. The van der Waals surface area contributed by atoms with E-state index in [1.54, 1.807) is 0 Å². The van der Waals surface area contributed by atoms with E-state index in [0.29, 0.717) is 26.1 Å². The molecule has 16 heavy (non-hydrogen) atoms. The second kappa shape index (κ2) is 5.77. The smallest absolute Gasteiger partial charge is 0.160 e. The zero-order valence-corrected chi connectivity index (χ0v) is 10.5. The Morgan fingerprint density at radius 2 is 2.12 bits per heavy atom. The molecule has 0 radical (unpaired) electrons. The van der Waals surface area contributed by atoms with Crippen molar-refractivity contribution in [1.29, 1.82) is 0 Å². The lowest BCUT2D eigenvalue weighted by Gasteiger charge is -2.14. The zero-order valence-electron chi connectivity index (χ0n) is 8.93. The Bertz CT molecular complexity index is 337. The molecule has 0 aliphatic carbocycles. The van der Waals surface area contributed by atoms with Gasteiger partial charge in [-0.1, -0.05) is 28.1 Å². The van der Waals surface area contributed by atoms with Crippen LogP contribution in [0.1, 0.15) is 12.0 Å². The van der Waals surface area contributed by atoms with Gasteiger partial charge in [-0.15, -0.1) is 0 Å². The van der Waals surface area contributed by atoms with Crippen molar-refractivity contribution < 1.29 is 14.6 Å². The molecule has 0 bridgehead atoms. The van der Waals surface area contributed by atoms with Gasteiger partial charge in [0.25, 0.3) is 0 Å². The molecule has 0 spiro atoms. The summed E-state index contributed by atoms with van der Waals surface area (Å²) in [4.78, 5) is 0. The summed E-state index contributed by atoms with van der Waals surface area (Å²) < 4.78 is 11.6. The summed E-state index contributed by atoms with van der Waals surface area (Å²) in [7, 11) is 0. The first-order valence-electron chi connectivity index (χ1n) is 5.40. The molecule has 0 saturated carbocycles. The highest BCUT2D eigenvalue weighted by molar-refractivity contribution is 9.10. The number of rotatable bonds is 4. The Morgan fingerprint density at radius 3 is 2.81 bits per heavy atom. The third-order valence-corrected chi connectivity index (χ3v) is 3.01. The average molecular weight is 287 g/mol. The summed E-state index contributed by atoms with van der Waals surface area (Å²) in [5, 5.41) is 9.88. The molecule has 1 N–H and O–H groups in total. The molecule has 1 atom stereocenters. The largest absolute Gasteiger partial charge is 0.393 e. The summed E-state index contributed by atoms with van der Waals surface area (Å²) >= 11 is 3.41. The highest BCUT2D eigenvalue weighted by atomic mass is 79.9. The fraction of sp³-hybridized carbons (Fsp3) is 0.500. The van der Waals surface area contributed by atoms with E-state index in [0.717, 1.165) is 10.0 Å². The van der Waals surface area contributed by atoms with E-state index >= 15 is 0 Å². The molecule has 3 nitrogen and oxygen atoms in total. The maximum atomic E-state index is 9.88. The number of benzene rings is 1. The van der Waals surface area contributed by atoms with E-state index in [-0.39, 0.29) is 6.29 Å². The summed E-state index contributed by atoms with van der Waals surface area (Å²) in [6.45, 7) is 1.27. The first-order chi connectivity index (χ1) is 7.74. The molecule has 1 aliphatic rings. The van der Waals surface area contributed by atoms with Crippen LogP contribution in [0.25, 0.3) is 0 Å². The van der Waals surface area contributed by atoms with Gasteiger partial charge in [0.1, 0.15) is 0 Å². The fourth-order valence-electron chi connectivity index (χ4n) is 1.78. The van der Waals surface area contributed by atoms with Crippen molar-refractivity contribution in [2.75, 3.05) is 13.2 Å². The van der Waals surface area contributed by atoms with Crippen molar-refractivity contribution in [2.45, 2.75) is 25.2 Å². The maximum absolute atomic E-state index is 9.88. The molecule has 0 aromatic heterocycles. The Balaban J connectivity index is 1.84. The second-order valence-corrected chi connectivity index (χ2v) is 4.81. The average Bonchev–Trinajstić information content (AvgIpc) is 2.70. The van der Waals surface area contributed by atoms with Crippen LogP contribution in [0, 0.1) is 0 Å². The van der Waals surface area contributed by atoms with Crippen molar-refractivity contribution in [1.82, 2.24) is 0 Å². The van der Waals surface area contributed by atoms with E-state index in [1.165, 1.54) is 0 Å². The van der Waals surface area contributed by atoms with Gasteiger partial charge in [-0.2, -0.15) is 0 Å². The van der Waals surface area contributed by atoms with E-state index in [9.17, 15) is 5.11 Å². The number of ether oxygens (including phenoxy) is 2. The van der Waals surface area contributed by atoms with Crippen LogP contribution in [-0.4, -0.2) is 30.7 Å². The monoisotopic (exact) mass is 286 g/mol. The van der Waals surface area contributed by atoms with Crippen molar-refractivity contribution in [3.63, 3.8) is 0 Å². The van der Waals surface area contributed by atoms with Crippen LogP contribution in [0.15, 0.2) is 28.7 Å². The maximum Gasteiger partial charge on any atom is 0.160 e. The molecule has 0 amide bonds. The Labute approximate surface area is 104 Å². The first-order valence-corrected chi connectivity index (χ1v) is 6.19. The van der Waals surface area contributed by atoms with Crippen LogP contribution in [0.2, 0.25) is 0 Å². The third kappa shape index (κ3) is 3.56. The highest BCUT2D eigenvalue weighted by Crippen LogP contribution is 2.16. The molecule has 4 heteroatoms. The predicted octanol–water partition coefficient (Wildman–Crippen LogP) is 2.12. The van der Waals surface area contributed by atoms with Gasteiger partial charge in [0.15, 0.2) is 6.29 Å². The van der Waals surface area contributed by atoms with Crippen LogP contribution < -0.4 is 0 Å². The molecule has 1 aromatic rings. The minimum absolute atomic E-state index is 0.234. The summed E-state index contributed by atoms with van der Waals surface area (Å²) in [5.74, 6) is 0. The minimum atomic E-state index is -0.419. The molecule has 1 heterocycles. The van der Waals surface area contributed by atoms with Gasteiger partial charge in [0.2, 0.25) is 0 Å². The van der Waals surface area contributed by atoms with E-state index < -0.39 is 6.10 Å². The van der Waals surface area contributed by atoms with Gasteiger partial charge in [0, 0.05) is 10.9 Å². The third-order valence-electron chi connectivity index (χ3n) is 2.52. The standard InChI is InChI=1S/C12H15BrO3/c13-10-3-1-2-9(6-10)7-11(14)8-12-15-4-5-16-12/h1-3,6,11-12,14H,4-5,7-8H2. The van der Waals surface area contributed by atoms with Gasteiger partial charge >= 0.3 is 0 Å². The van der Waals surface area contributed by atoms with Crippen LogP contribution in [0.5, 0.6) is 0 Å². The molecule has 1 unspecified atom stereocenters. The van der Waals surface area contributed by atoms with E-state index in [1.807, 2.05) is 24.3 Å². The van der Waals surface area contributed by atoms with E-state index in [2.05, 4.69) is 15.9 Å². The van der Waals surface area contributed by atoms with Gasteiger partial charge in [-0.3, -0.25) is 0 Å². The predicted molar refractivity (Wildman–Crippen MR) is 64.2 cm³/mol. The molecular formula is C12H15BrO3. The Kier molecular flexibility index (Phi) is 4.35. The molecule has 88 valence electrons. The van der Waals surface area contributed by atoms with Gasteiger partial charge < -0.3 is 14.6 Å².